The fourth-order valence-corrected chi connectivity index (χ4v) is 0.725. The minimum absolute atomic E-state index is 0. The van der Waals surface area contributed by atoms with Crippen LogP contribution in [0.5, 0.6) is 0 Å². The second-order valence-corrected chi connectivity index (χ2v) is 1.84. The van der Waals surface area contributed by atoms with Gasteiger partial charge in [0.2, 0.25) is 0 Å². The maximum atomic E-state index is 8.50. The molecule has 4 heteroatoms. The van der Waals surface area contributed by atoms with E-state index in [2.05, 4.69) is 0 Å². The van der Waals surface area contributed by atoms with Crippen LogP contribution in [0.2, 0.25) is 0 Å². The van der Waals surface area contributed by atoms with E-state index in [1.165, 1.54) is 6.21 Å². The quantitative estimate of drug-likeness (QED) is 0.431. The molecular formula is C7H10N2O2. The molecule has 0 atom stereocenters. The van der Waals surface area contributed by atoms with Gasteiger partial charge >= 0.3 is 0 Å². The average Bonchev–Trinajstić information content (AvgIpc) is 2.04. The van der Waals surface area contributed by atoms with Gasteiger partial charge in [-0.1, -0.05) is 18.2 Å². The molecule has 1 aromatic carbocycles. The first-order valence-electron chi connectivity index (χ1n) is 2.88. The second-order valence-electron chi connectivity index (χ2n) is 1.84. The van der Waals surface area contributed by atoms with Crippen LogP contribution < -0.4 is 5.48 Å². The number of rotatable bonds is 2. The molecule has 60 valence electrons. The summed E-state index contributed by atoms with van der Waals surface area (Å²) in [5, 5.41) is 15.4. The Labute approximate surface area is 64.3 Å². The molecule has 0 aliphatic carbocycles. The summed E-state index contributed by atoms with van der Waals surface area (Å²) in [5.41, 5.74) is 3.22. The molecular weight excluding hydrogens is 144 g/mol. The van der Waals surface area contributed by atoms with Crippen molar-refractivity contribution in [2.45, 2.75) is 0 Å². The highest BCUT2D eigenvalue weighted by Crippen LogP contribution is 2.10. The zero-order valence-corrected chi connectivity index (χ0v) is 5.83. The van der Waals surface area contributed by atoms with Crippen molar-refractivity contribution in [3.8, 4) is 0 Å². The van der Waals surface area contributed by atoms with Crippen LogP contribution in [0, 0.1) is 5.41 Å². The summed E-state index contributed by atoms with van der Waals surface area (Å²) in [6.07, 6.45) is 1.18. The summed E-state index contributed by atoms with van der Waals surface area (Å²) in [6.45, 7) is 0. The molecule has 0 aliphatic rings. The monoisotopic (exact) mass is 154 g/mol. The molecule has 1 aromatic rings. The highest BCUT2D eigenvalue weighted by molar-refractivity contribution is 5.85. The molecule has 0 fully saturated rings. The van der Waals surface area contributed by atoms with Crippen molar-refractivity contribution in [3.05, 3.63) is 29.8 Å². The van der Waals surface area contributed by atoms with Gasteiger partial charge in [0.25, 0.3) is 0 Å². The van der Waals surface area contributed by atoms with Crippen molar-refractivity contribution in [3.63, 3.8) is 0 Å². The Kier molecular flexibility index (Phi) is 3.87. The highest BCUT2D eigenvalue weighted by Gasteiger charge is 1.93. The molecule has 0 aliphatic heterocycles. The zero-order valence-electron chi connectivity index (χ0n) is 5.83. The number of nitrogens with one attached hydrogen (secondary N) is 2. The Bertz CT molecular complexity index is 238. The molecule has 0 bridgehead atoms. The second kappa shape index (κ2) is 4.43. The van der Waals surface area contributed by atoms with Gasteiger partial charge in [-0.3, -0.25) is 10.7 Å². The van der Waals surface area contributed by atoms with Gasteiger partial charge < -0.3 is 10.9 Å². The Hall–Kier alpha value is -1.39. The van der Waals surface area contributed by atoms with E-state index in [0.29, 0.717) is 11.3 Å². The molecule has 0 saturated heterocycles. The first-order chi connectivity index (χ1) is 4.88. The van der Waals surface area contributed by atoms with Gasteiger partial charge in [-0.15, -0.1) is 0 Å². The van der Waals surface area contributed by atoms with Crippen molar-refractivity contribution < 1.29 is 10.7 Å². The van der Waals surface area contributed by atoms with E-state index in [1.807, 2.05) is 5.48 Å². The summed E-state index contributed by atoms with van der Waals surface area (Å²) in [5.74, 6) is 0. The SMILES string of the molecule is N=Cc1ccccc1NO.O. The highest BCUT2D eigenvalue weighted by atomic mass is 16.5. The lowest BCUT2D eigenvalue weighted by Crippen LogP contribution is -1.93. The third-order valence-corrected chi connectivity index (χ3v) is 1.24. The zero-order chi connectivity index (χ0) is 7.40. The van der Waals surface area contributed by atoms with E-state index >= 15 is 0 Å². The molecule has 0 amide bonds. The van der Waals surface area contributed by atoms with Crippen molar-refractivity contribution in [2.75, 3.05) is 5.48 Å². The van der Waals surface area contributed by atoms with E-state index in [0.717, 1.165) is 0 Å². The summed E-state index contributed by atoms with van der Waals surface area (Å²) in [7, 11) is 0. The van der Waals surface area contributed by atoms with Crippen LogP contribution in [0.25, 0.3) is 0 Å². The fraction of sp³-hybridized carbons (Fsp3) is 0. The fourth-order valence-electron chi connectivity index (χ4n) is 0.725. The summed E-state index contributed by atoms with van der Waals surface area (Å²) >= 11 is 0. The summed E-state index contributed by atoms with van der Waals surface area (Å²) in [6, 6.07) is 7.03. The molecule has 11 heavy (non-hydrogen) atoms. The lowest BCUT2D eigenvalue weighted by molar-refractivity contribution is 0.389. The van der Waals surface area contributed by atoms with Crippen molar-refractivity contribution in [1.82, 2.24) is 0 Å². The third kappa shape index (κ3) is 2.03. The lowest BCUT2D eigenvalue weighted by Gasteiger charge is -2.00. The molecule has 4 nitrogen and oxygen atoms in total. The van der Waals surface area contributed by atoms with E-state index in [1.54, 1.807) is 24.3 Å². The molecule has 0 radical (unpaired) electrons. The van der Waals surface area contributed by atoms with Crippen LogP contribution in [0.1, 0.15) is 5.56 Å². The van der Waals surface area contributed by atoms with Gasteiger partial charge in [0.05, 0.1) is 5.69 Å². The lowest BCUT2D eigenvalue weighted by atomic mass is 10.2. The van der Waals surface area contributed by atoms with E-state index in [4.69, 9.17) is 10.6 Å². The van der Waals surface area contributed by atoms with Gasteiger partial charge in [-0.2, -0.15) is 0 Å². The van der Waals surface area contributed by atoms with Crippen molar-refractivity contribution in [2.24, 2.45) is 0 Å². The molecule has 1 rings (SSSR count). The van der Waals surface area contributed by atoms with Crippen LogP contribution in [0.15, 0.2) is 24.3 Å². The van der Waals surface area contributed by atoms with Crippen LogP contribution in [-0.4, -0.2) is 16.9 Å². The normalized spacial score (nSPS) is 8.09. The Morgan fingerprint density at radius 1 is 1.36 bits per heavy atom. The number of benzene rings is 1. The van der Waals surface area contributed by atoms with Gasteiger partial charge in [-0.25, -0.2) is 0 Å². The van der Waals surface area contributed by atoms with Gasteiger partial charge in [0.15, 0.2) is 0 Å². The average molecular weight is 154 g/mol. The Morgan fingerprint density at radius 3 is 2.45 bits per heavy atom. The number of para-hydroxylation sites is 1. The van der Waals surface area contributed by atoms with Crippen molar-refractivity contribution in [1.29, 1.82) is 5.41 Å². The first-order valence-corrected chi connectivity index (χ1v) is 2.88. The van der Waals surface area contributed by atoms with Gasteiger partial charge in [-0.05, 0) is 6.07 Å². The molecule has 0 spiro atoms. The number of hydrogen-bond acceptors (Lipinski definition) is 3. The minimum atomic E-state index is 0. The van der Waals surface area contributed by atoms with Gasteiger partial charge in [0, 0.05) is 11.8 Å². The van der Waals surface area contributed by atoms with E-state index in [-0.39, 0.29) is 5.48 Å². The first kappa shape index (κ1) is 9.61. The van der Waals surface area contributed by atoms with Crippen LogP contribution >= 0.6 is 0 Å². The molecule has 5 N–H and O–H groups in total. The van der Waals surface area contributed by atoms with E-state index in [9.17, 15) is 0 Å². The largest absolute Gasteiger partial charge is 0.412 e. The Balaban J connectivity index is 0.000001000. The molecule has 0 heterocycles. The molecule has 0 aromatic heterocycles. The standard InChI is InChI=1S/C7H8N2O.H2O/c8-5-6-3-1-2-4-7(6)9-10;/h1-5,8-10H;1H2. The topological polar surface area (TPSA) is 87.6 Å². The smallest absolute Gasteiger partial charge is 0.0689 e. The summed E-state index contributed by atoms with van der Waals surface area (Å²) in [4.78, 5) is 0. The Morgan fingerprint density at radius 2 is 2.00 bits per heavy atom. The predicted molar refractivity (Wildman–Crippen MR) is 43.4 cm³/mol. The molecule has 0 unspecified atom stereocenters. The third-order valence-electron chi connectivity index (χ3n) is 1.24. The van der Waals surface area contributed by atoms with Crippen molar-refractivity contribution >= 4 is 11.9 Å². The minimum Gasteiger partial charge on any atom is -0.412 e. The van der Waals surface area contributed by atoms with Gasteiger partial charge in [0.1, 0.15) is 0 Å². The number of anilines is 1. The number of hydrogen-bond donors (Lipinski definition) is 3. The van der Waals surface area contributed by atoms with Crippen LogP contribution in [0.3, 0.4) is 0 Å². The van der Waals surface area contributed by atoms with Crippen LogP contribution in [0.4, 0.5) is 5.69 Å². The summed E-state index contributed by atoms with van der Waals surface area (Å²) < 4.78 is 0. The maximum Gasteiger partial charge on any atom is 0.0689 e. The van der Waals surface area contributed by atoms with Crippen LogP contribution in [-0.2, 0) is 0 Å². The molecule has 0 saturated carbocycles. The predicted octanol–water partition coefficient (Wildman–Crippen LogP) is 0.661. The van der Waals surface area contributed by atoms with E-state index < -0.39 is 0 Å². The maximum absolute atomic E-state index is 8.50.